The highest BCUT2D eigenvalue weighted by atomic mass is 15.1. The van der Waals surface area contributed by atoms with Gasteiger partial charge in [0, 0.05) is 12.1 Å². The van der Waals surface area contributed by atoms with Crippen LogP contribution in [-0.4, -0.2) is 36.6 Å². The van der Waals surface area contributed by atoms with E-state index in [1.807, 2.05) is 6.08 Å². The van der Waals surface area contributed by atoms with Gasteiger partial charge in [-0.15, -0.1) is 6.58 Å². The molecule has 1 aliphatic heterocycles. The molecule has 1 aliphatic rings. The van der Waals surface area contributed by atoms with Crippen molar-refractivity contribution < 1.29 is 0 Å². The highest BCUT2D eigenvalue weighted by molar-refractivity contribution is 4.82. The van der Waals surface area contributed by atoms with Crippen molar-refractivity contribution in [3.05, 3.63) is 12.7 Å². The van der Waals surface area contributed by atoms with E-state index in [4.69, 9.17) is 0 Å². The molecule has 1 atom stereocenters. The van der Waals surface area contributed by atoms with Crippen LogP contribution < -0.4 is 5.32 Å². The van der Waals surface area contributed by atoms with Gasteiger partial charge in [0.15, 0.2) is 0 Å². The van der Waals surface area contributed by atoms with Crippen molar-refractivity contribution in [3.63, 3.8) is 0 Å². The first kappa shape index (κ1) is 12.7. The predicted molar refractivity (Wildman–Crippen MR) is 67.2 cm³/mol. The van der Waals surface area contributed by atoms with Crippen molar-refractivity contribution >= 4 is 0 Å². The fraction of sp³-hybridized carbons (Fsp3) is 0.846. The number of piperidine rings is 1. The first-order valence-corrected chi connectivity index (χ1v) is 6.35. The third-order valence-corrected chi connectivity index (χ3v) is 3.17. The summed E-state index contributed by atoms with van der Waals surface area (Å²) in [5, 5.41) is 3.68. The fourth-order valence-electron chi connectivity index (χ4n) is 2.36. The van der Waals surface area contributed by atoms with Gasteiger partial charge in [0.2, 0.25) is 0 Å². The molecule has 0 aromatic carbocycles. The van der Waals surface area contributed by atoms with E-state index in [9.17, 15) is 0 Å². The molecule has 0 spiro atoms. The summed E-state index contributed by atoms with van der Waals surface area (Å²) >= 11 is 0. The Balaban J connectivity index is 2.16. The Labute approximate surface area is 94.7 Å². The number of likely N-dealkylation sites (tertiary alicyclic amines) is 1. The van der Waals surface area contributed by atoms with E-state index in [1.165, 1.54) is 38.9 Å². The van der Waals surface area contributed by atoms with E-state index in [2.05, 4.69) is 30.6 Å². The Morgan fingerprint density at radius 2 is 2.13 bits per heavy atom. The summed E-state index contributed by atoms with van der Waals surface area (Å²) in [7, 11) is 0. The zero-order valence-electron chi connectivity index (χ0n) is 10.3. The second-order valence-corrected chi connectivity index (χ2v) is 4.71. The van der Waals surface area contributed by atoms with Crippen LogP contribution in [0.3, 0.4) is 0 Å². The first-order chi connectivity index (χ1) is 7.26. The summed E-state index contributed by atoms with van der Waals surface area (Å²) < 4.78 is 0. The second kappa shape index (κ2) is 7.02. The standard InChI is InChI=1S/C13H26N2/c1-4-6-12(3)14-13-7-10-15(9-5-2)11-8-13/h4,12-14H,1,5-11H2,2-3H3. The van der Waals surface area contributed by atoms with Crippen molar-refractivity contribution in [2.45, 2.75) is 51.6 Å². The number of hydrogen-bond donors (Lipinski definition) is 1. The minimum Gasteiger partial charge on any atom is -0.311 e. The maximum Gasteiger partial charge on any atom is 0.00940 e. The quantitative estimate of drug-likeness (QED) is 0.677. The van der Waals surface area contributed by atoms with Gasteiger partial charge in [-0.1, -0.05) is 13.0 Å². The van der Waals surface area contributed by atoms with Gasteiger partial charge in [-0.2, -0.15) is 0 Å². The predicted octanol–water partition coefficient (Wildman–Crippen LogP) is 2.42. The summed E-state index contributed by atoms with van der Waals surface area (Å²) in [6.07, 6.45) is 6.98. The Hall–Kier alpha value is -0.340. The van der Waals surface area contributed by atoms with Crippen LogP contribution in [0.4, 0.5) is 0 Å². The van der Waals surface area contributed by atoms with Crippen LogP contribution in [0.1, 0.15) is 39.5 Å². The summed E-state index contributed by atoms with van der Waals surface area (Å²) in [5.74, 6) is 0. The fourth-order valence-corrected chi connectivity index (χ4v) is 2.36. The normalized spacial score (nSPS) is 21.5. The van der Waals surface area contributed by atoms with Gasteiger partial charge < -0.3 is 10.2 Å². The molecule has 2 heteroatoms. The molecule has 15 heavy (non-hydrogen) atoms. The topological polar surface area (TPSA) is 15.3 Å². The third-order valence-electron chi connectivity index (χ3n) is 3.17. The van der Waals surface area contributed by atoms with Crippen LogP contribution in [0.15, 0.2) is 12.7 Å². The summed E-state index contributed by atoms with van der Waals surface area (Å²) in [4.78, 5) is 2.58. The Morgan fingerprint density at radius 1 is 1.47 bits per heavy atom. The molecule has 0 amide bonds. The van der Waals surface area contributed by atoms with Crippen LogP contribution in [0.25, 0.3) is 0 Å². The van der Waals surface area contributed by atoms with E-state index in [-0.39, 0.29) is 0 Å². The van der Waals surface area contributed by atoms with E-state index >= 15 is 0 Å². The van der Waals surface area contributed by atoms with Gasteiger partial charge in [-0.3, -0.25) is 0 Å². The van der Waals surface area contributed by atoms with Crippen molar-refractivity contribution in [1.29, 1.82) is 0 Å². The van der Waals surface area contributed by atoms with Gasteiger partial charge in [-0.05, 0) is 52.2 Å². The summed E-state index contributed by atoms with van der Waals surface area (Å²) in [6, 6.07) is 1.32. The number of rotatable bonds is 6. The van der Waals surface area contributed by atoms with E-state index in [0.717, 1.165) is 12.5 Å². The minimum absolute atomic E-state index is 0.588. The lowest BCUT2D eigenvalue weighted by atomic mass is 10.0. The van der Waals surface area contributed by atoms with Crippen LogP contribution in [-0.2, 0) is 0 Å². The molecule has 1 saturated heterocycles. The van der Waals surface area contributed by atoms with Gasteiger partial charge in [0.1, 0.15) is 0 Å². The van der Waals surface area contributed by atoms with Gasteiger partial charge in [-0.25, -0.2) is 0 Å². The zero-order valence-corrected chi connectivity index (χ0v) is 10.3. The Kier molecular flexibility index (Phi) is 5.96. The summed E-state index contributed by atoms with van der Waals surface area (Å²) in [6.45, 7) is 12.1. The maximum absolute atomic E-state index is 3.78. The smallest absolute Gasteiger partial charge is 0.00940 e. The zero-order chi connectivity index (χ0) is 11.1. The molecule has 1 fully saturated rings. The SMILES string of the molecule is C=CCC(C)NC1CCN(CCC)CC1. The minimum atomic E-state index is 0.588. The summed E-state index contributed by atoms with van der Waals surface area (Å²) in [5.41, 5.74) is 0. The molecule has 0 aromatic rings. The molecule has 0 saturated carbocycles. The van der Waals surface area contributed by atoms with E-state index in [1.54, 1.807) is 0 Å². The maximum atomic E-state index is 3.78. The van der Waals surface area contributed by atoms with Crippen molar-refractivity contribution in [3.8, 4) is 0 Å². The van der Waals surface area contributed by atoms with E-state index in [0.29, 0.717) is 6.04 Å². The first-order valence-electron chi connectivity index (χ1n) is 6.35. The molecule has 0 aromatic heterocycles. The molecule has 0 radical (unpaired) electrons. The molecule has 2 nitrogen and oxygen atoms in total. The Bertz CT molecular complexity index is 171. The highest BCUT2D eigenvalue weighted by Gasteiger charge is 2.18. The molecule has 0 aliphatic carbocycles. The second-order valence-electron chi connectivity index (χ2n) is 4.71. The van der Waals surface area contributed by atoms with Crippen LogP contribution in [0, 0.1) is 0 Å². The number of nitrogens with zero attached hydrogens (tertiary/aromatic N) is 1. The molecule has 1 rings (SSSR count). The lowest BCUT2D eigenvalue weighted by Crippen LogP contribution is -2.45. The van der Waals surface area contributed by atoms with Crippen molar-refractivity contribution in [1.82, 2.24) is 10.2 Å². The number of hydrogen-bond acceptors (Lipinski definition) is 2. The van der Waals surface area contributed by atoms with E-state index < -0.39 is 0 Å². The lowest BCUT2D eigenvalue weighted by Gasteiger charge is -2.33. The van der Waals surface area contributed by atoms with Crippen molar-refractivity contribution in [2.75, 3.05) is 19.6 Å². The molecular formula is C13H26N2. The van der Waals surface area contributed by atoms with Gasteiger partial charge in [0.05, 0.1) is 0 Å². The average Bonchev–Trinajstić information content (AvgIpc) is 2.22. The molecule has 1 heterocycles. The van der Waals surface area contributed by atoms with Crippen LogP contribution in [0.5, 0.6) is 0 Å². The molecule has 1 N–H and O–H groups in total. The molecule has 1 unspecified atom stereocenters. The monoisotopic (exact) mass is 210 g/mol. The Morgan fingerprint density at radius 3 is 2.67 bits per heavy atom. The molecule has 0 bridgehead atoms. The number of nitrogens with one attached hydrogen (secondary N) is 1. The van der Waals surface area contributed by atoms with Gasteiger partial charge in [0.25, 0.3) is 0 Å². The third kappa shape index (κ3) is 4.80. The van der Waals surface area contributed by atoms with Crippen LogP contribution >= 0.6 is 0 Å². The van der Waals surface area contributed by atoms with Crippen molar-refractivity contribution in [2.24, 2.45) is 0 Å². The molecular weight excluding hydrogens is 184 g/mol. The largest absolute Gasteiger partial charge is 0.311 e. The van der Waals surface area contributed by atoms with Gasteiger partial charge >= 0.3 is 0 Å². The molecule has 88 valence electrons. The lowest BCUT2D eigenvalue weighted by molar-refractivity contribution is 0.192. The van der Waals surface area contributed by atoms with Crippen LogP contribution in [0.2, 0.25) is 0 Å². The average molecular weight is 210 g/mol. The highest BCUT2D eigenvalue weighted by Crippen LogP contribution is 2.11.